The number of amides is 1. The number of nitrogens with zero attached hydrogens (tertiary/aromatic N) is 3. The monoisotopic (exact) mass is 322 g/mol. The van der Waals surface area contributed by atoms with E-state index in [-0.39, 0.29) is 11.8 Å². The van der Waals surface area contributed by atoms with Crippen LogP contribution in [0.3, 0.4) is 0 Å². The number of anilines is 1. The first kappa shape index (κ1) is 13.8. The van der Waals surface area contributed by atoms with Gasteiger partial charge in [-0.3, -0.25) is 14.8 Å². The van der Waals surface area contributed by atoms with Crippen molar-refractivity contribution < 1.29 is 9.53 Å². The molecule has 1 N–H and O–H groups in total. The van der Waals surface area contributed by atoms with E-state index < -0.39 is 0 Å². The van der Waals surface area contributed by atoms with Gasteiger partial charge in [0, 0.05) is 18.3 Å². The summed E-state index contributed by atoms with van der Waals surface area (Å²) in [4.78, 5) is 16.6. The topological polar surface area (TPSA) is 69.0 Å². The Labute approximate surface area is 129 Å². The molecule has 8 heteroatoms. The van der Waals surface area contributed by atoms with Crippen LogP contribution in [-0.2, 0) is 7.05 Å². The lowest BCUT2D eigenvalue weighted by molar-refractivity contribution is 0.102. The zero-order valence-corrected chi connectivity index (χ0v) is 12.8. The number of hydrogen-bond donors (Lipinski definition) is 1. The number of aromatic nitrogens is 3. The zero-order valence-electron chi connectivity index (χ0n) is 11.3. The molecule has 0 saturated carbocycles. The standard InChI is InChI=1S/C13H11ClN4O2S/c1-18-6-8(12(17-18)20-2)11(19)16-13-15-9-4-3-7(14)5-10(9)21-13/h3-6H,1-2H3,(H,15,16,19). The average molecular weight is 323 g/mol. The van der Waals surface area contributed by atoms with Gasteiger partial charge in [0.15, 0.2) is 5.13 Å². The number of methoxy groups -OCH3 is 1. The second-order valence-electron chi connectivity index (χ2n) is 4.31. The zero-order chi connectivity index (χ0) is 15.0. The number of fused-ring (bicyclic) bond motifs is 1. The summed E-state index contributed by atoms with van der Waals surface area (Å²) in [6, 6.07) is 5.39. The van der Waals surface area contributed by atoms with Gasteiger partial charge in [-0.25, -0.2) is 4.98 Å². The van der Waals surface area contributed by atoms with Crippen LogP contribution in [0.4, 0.5) is 5.13 Å². The van der Waals surface area contributed by atoms with Gasteiger partial charge >= 0.3 is 0 Å². The highest BCUT2D eigenvalue weighted by molar-refractivity contribution is 7.22. The number of halogens is 1. The van der Waals surface area contributed by atoms with Crippen LogP contribution < -0.4 is 10.1 Å². The van der Waals surface area contributed by atoms with Crippen molar-refractivity contribution in [3.63, 3.8) is 0 Å². The molecular weight excluding hydrogens is 312 g/mol. The van der Waals surface area contributed by atoms with Gasteiger partial charge in [0.25, 0.3) is 5.91 Å². The predicted octanol–water partition coefficient (Wildman–Crippen LogP) is 2.94. The molecule has 0 aliphatic heterocycles. The van der Waals surface area contributed by atoms with Gasteiger partial charge < -0.3 is 4.74 Å². The van der Waals surface area contributed by atoms with Crippen molar-refractivity contribution in [2.24, 2.45) is 7.05 Å². The Morgan fingerprint density at radius 2 is 2.29 bits per heavy atom. The van der Waals surface area contributed by atoms with E-state index in [1.807, 2.05) is 12.1 Å². The molecule has 108 valence electrons. The third kappa shape index (κ3) is 2.70. The fourth-order valence-corrected chi connectivity index (χ4v) is 3.03. The Morgan fingerprint density at radius 1 is 1.48 bits per heavy atom. The molecule has 0 saturated heterocycles. The molecule has 0 fully saturated rings. The van der Waals surface area contributed by atoms with Crippen molar-refractivity contribution in [3.8, 4) is 5.88 Å². The number of benzene rings is 1. The Hall–Kier alpha value is -2.12. The SMILES string of the molecule is COc1nn(C)cc1C(=O)Nc1nc2ccc(Cl)cc2s1. The Bertz CT molecular complexity index is 827. The number of nitrogens with one attached hydrogen (secondary N) is 1. The maximum absolute atomic E-state index is 12.2. The van der Waals surface area contributed by atoms with E-state index in [1.54, 1.807) is 19.3 Å². The molecular formula is C13H11ClN4O2S. The number of carbonyl (C=O) groups is 1. The molecule has 0 spiro atoms. The van der Waals surface area contributed by atoms with Crippen LogP contribution in [0.2, 0.25) is 5.02 Å². The van der Waals surface area contributed by atoms with Gasteiger partial charge in [-0.1, -0.05) is 22.9 Å². The molecule has 21 heavy (non-hydrogen) atoms. The van der Waals surface area contributed by atoms with E-state index in [4.69, 9.17) is 16.3 Å². The first-order chi connectivity index (χ1) is 10.1. The van der Waals surface area contributed by atoms with Gasteiger partial charge in [0.2, 0.25) is 5.88 Å². The minimum atomic E-state index is -0.315. The Morgan fingerprint density at radius 3 is 3.05 bits per heavy atom. The van der Waals surface area contributed by atoms with Crippen molar-refractivity contribution in [2.75, 3.05) is 12.4 Å². The van der Waals surface area contributed by atoms with Crippen LogP contribution in [0, 0.1) is 0 Å². The molecule has 6 nitrogen and oxygen atoms in total. The lowest BCUT2D eigenvalue weighted by atomic mass is 10.3. The summed E-state index contributed by atoms with van der Waals surface area (Å²) in [5.41, 5.74) is 1.15. The minimum absolute atomic E-state index is 0.277. The highest BCUT2D eigenvalue weighted by Crippen LogP contribution is 2.29. The number of hydrogen-bond acceptors (Lipinski definition) is 5. The highest BCUT2D eigenvalue weighted by atomic mass is 35.5. The first-order valence-corrected chi connectivity index (χ1v) is 7.21. The molecule has 1 amide bonds. The van der Waals surface area contributed by atoms with E-state index in [0.717, 1.165) is 10.2 Å². The van der Waals surface area contributed by atoms with Crippen molar-refractivity contribution in [1.82, 2.24) is 14.8 Å². The summed E-state index contributed by atoms with van der Waals surface area (Å²) < 4.78 is 7.51. The van der Waals surface area contributed by atoms with Crippen LogP contribution >= 0.6 is 22.9 Å². The van der Waals surface area contributed by atoms with Gasteiger partial charge in [-0.05, 0) is 18.2 Å². The predicted molar refractivity (Wildman–Crippen MR) is 82.3 cm³/mol. The summed E-state index contributed by atoms with van der Waals surface area (Å²) in [5.74, 6) is -0.0377. The summed E-state index contributed by atoms with van der Waals surface area (Å²) in [5, 5.41) is 7.93. The maximum Gasteiger partial charge on any atom is 0.264 e. The molecule has 0 atom stereocenters. The average Bonchev–Trinajstić information content (AvgIpc) is 3.00. The fourth-order valence-electron chi connectivity index (χ4n) is 1.89. The van der Waals surface area contributed by atoms with E-state index in [1.165, 1.54) is 23.1 Å². The van der Waals surface area contributed by atoms with Crippen LogP contribution in [0.15, 0.2) is 24.4 Å². The van der Waals surface area contributed by atoms with Crippen LogP contribution in [-0.4, -0.2) is 27.8 Å². The molecule has 0 unspecified atom stereocenters. The van der Waals surface area contributed by atoms with E-state index in [2.05, 4.69) is 15.4 Å². The lowest BCUT2D eigenvalue weighted by Gasteiger charge is -2.00. The third-order valence-electron chi connectivity index (χ3n) is 2.80. The normalized spacial score (nSPS) is 10.8. The smallest absolute Gasteiger partial charge is 0.264 e. The highest BCUT2D eigenvalue weighted by Gasteiger charge is 2.17. The fraction of sp³-hybridized carbons (Fsp3) is 0.154. The number of aryl methyl sites for hydroxylation is 1. The van der Waals surface area contributed by atoms with Crippen molar-refractivity contribution in [1.29, 1.82) is 0 Å². The van der Waals surface area contributed by atoms with Gasteiger partial charge in [-0.15, -0.1) is 5.10 Å². The molecule has 0 aliphatic rings. The molecule has 3 aromatic rings. The van der Waals surface area contributed by atoms with Gasteiger partial charge in [-0.2, -0.15) is 0 Å². The maximum atomic E-state index is 12.2. The Balaban J connectivity index is 1.88. The second-order valence-corrected chi connectivity index (χ2v) is 5.78. The molecule has 2 heterocycles. The van der Waals surface area contributed by atoms with Crippen molar-refractivity contribution in [2.45, 2.75) is 0 Å². The first-order valence-electron chi connectivity index (χ1n) is 6.02. The van der Waals surface area contributed by atoms with Crippen molar-refractivity contribution >= 4 is 44.2 Å². The van der Waals surface area contributed by atoms with Crippen LogP contribution in [0.5, 0.6) is 5.88 Å². The molecule has 0 bridgehead atoms. The summed E-state index contributed by atoms with van der Waals surface area (Å²) in [7, 11) is 3.19. The summed E-state index contributed by atoms with van der Waals surface area (Å²) in [6.45, 7) is 0. The molecule has 3 rings (SSSR count). The number of rotatable bonds is 3. The Kier molecular flexibility index (Phi) is 3.52. The van der Waals surface area contributed by atoms with Crippen LogP contribution in [0.1, 0.15) is 10.4 Å². The van der Waals surface area contributed by atoms with Crippen molar-refractivity contribution in [3.05, 3.63) is 35.0 Å². The largest absolute Gasteiger partial charge is 0.479 e. The number of thiazole rings is 1. The van der Waals surface area contributed by atoms with Gasteiger partial charge in [0.1, 0.15) is 5.56 Å². The summed E-state index contributed by atoms with van der Waals surface area (Å²) >= 11 is 7.30. The number of ether oxygens (including phenoxy) is 1. The van der Waals surface area contributed by atoms with Crippen LogP contribution in [0.25, 0.3) is 10.2 Å². The number of carbonyl (C=O) groups excluding carboxylic acids is 1. The third-order valence-corrected chi connectivity index (χ3v) is 3.97. The molecule has 2 aromatic heterocycles. The molecule has 0 aliphatic carbocycles. The summed E-state index contributed by atoms with van der Waals surface area (Å²) in [6.07, 6.45) is 1.60. The quantitative estimate of drug-likeness (QED) is 0.805. The van der Waals surface area contributed by atoms with Gasteiger partial charge in [0.05, 0.1) is 17.3 Å². The lowest BCUT2D eigenvalue weighted by Crippen LogP contribution is -2.12. The second kappa shape index (κ2) is 5.34. The molecule has 1 aromatic carbocycles. The van der Waals surface area contributed by atoms with E-state index in [9.17, 15) is 4.79 Å². The molecule has 0 radical (unpaired) electrons. The van der Waals surface area contributed by atoms with E-state index >= 15 is 0 Å². The van der Waals surface area contributed by atoms with E-state index in [0.29, 0.717) is 15.7 Å². The minimum Gasteiger partial charge on any atom is -0.479 e.